The highest BCUT2D eigenvalue weighted by atomic mass is 16.6. The molecule has 0 spiro atoms. The van der Waals surface area contributed by atoms with Crippen LogP contribution >= 0.6 is 0 Å². The SMILES string of the molecule is COC(COC(=O)COCC(C)=O)C(C)O. The van der Waals surface area contributed by atoms with Crippen molar-refractivity contribution in [2.75, 3.05) is 26.9 Å². The molecule has 16 heavy (non-hydrogen) atoms. The molecular weight excluding hydrogens is 216 g/mol. The molecule has 0 aromatic heterocycles. The van der Waals surface area contributed by atoms with Crippen molar-refractivity contribution in [1.82, 2.24) is 0 Å². The number of methoxy groups -OCH3 is 1. The van der Waals surface area contributed by atoms with Crippen LogP contribution in [-0.2, 0) is 23.8 Å². The maximum atomic E-state index is 11.1. The largest absolute Gasteiger partial charge is 0.461 e. The molecule has 0 saturated carbocycles. The van der Waals surface area contributed by atoms with Gasteiger partial charge in [0, 0.05) is 7.11 Å². The Labute approximate surface area is 94.5 Å². The number of aliphatic hydroxyl groups excluding tert-OH is 1. The van der Waals surface area contributed by atoms with E-state index in [0.29, 0.717) is 0 Å². The van der Waals surface area contributed by atoms with Crippen LogP contribution in [-0.4, -0.2) is 56.0 Å². The Hall–Kier alpha value is -0.980. The summed E-state index contributed by atoms with van der Waals surface area (Å²) in [6, 6.07) is 0. The molecule has 0 radical (unpaired) electrons. The van der Waals surface area contributed by atoms with E-state index in [0.717, 1.165) is 0 Å². The minimum atomic E-state index is -0.726. The Bertz CT molecular complexity index is 225. The van der Waals surface area contributed by atoms with E-state index >= 15 is 0 Å². The average Bonchev–Trinajstić information content (AvgIpc) is 2.17. The Morgan fingerprint density at radius 1 is 1.31 bits per heavy atom. The van der Waals surface area contributed by atoms with Crippen molar-refractivity contribution in [2.45, 2.75) is 26.1 Å². The Balaban J connectivity index is 3.67. The topological polar surface area (TPSA) is 82.1 Å². The summed E-state index contributed by atoms with van der Waals surface area (Å²) in [7, 11) is 1.41. The van der Waals surface area contributed by atoms with Gasteiger partial charge in [-0.2, -0.15) is 0 Å². The van der Waals surface area contributed by atoms with Gasteiger partial charge in [0.15, 0.2) is 5.78 Å². The van der Waals surface area contributed by atoms with Gasteiger partial charge in [-0.05, 0) is 13.8 Å². The minimum Gasteiger partial charge on any atom is -0.461 e. The van der Waals surface area contributed by atoms with E-state index in [4.69, 9.17) is 14.2 Å². The average molecular weight is 234 g/mol. The summed E-state index contributed by atoms with van der Waals surface area (Å²) in [4.78, 5) is 21.6. The zero-order valence-electron chi connectivity index (χ0n) is 9.76. The van der Waals surface area contributed by atoms with Crippen molar-refractivity contribution in [3.8, 4) is 0 Å². The van der Waals surface area contributed by atoms with Crippen LogP contribution in [0, 0.1) is 0 Å². The van der Waals surface area contributed by atoms with E-state index in [1.165, 1.54) is 21.0 Å². The van der Waals surface area contributed by atoms with Crippen LogP contribution in [0.25, 0.3) is 0 Å². The van der Waals surface area contributed by atoms with Crippen molar-refractivity contribution >= 4 is 11.8 Å². The highest BCUT2D eigenvalue weighted by Crippen LogP contribution is 1.98. The molecule has 0 aromatic rings. The van der Waals surface area contributed by atoms with Crippen molar-refractivity contribution < 1.29 is 28.9 Å². The van der Waals surface area contributed by atoms with E-state index in [2.05, 4.69) is 0 Å². The van der Waals surface area contributed by atoms with Gasteiger partial charge in [-0.15, -0.1) is 0 Å². The zero-order chi connectivity index (χ0) is 12.6. The third kappa shape index (κ3) is 7.33. The molecule has 0 aromatic carbocycles. The number of ether oxygens (including phenoxy) is 3. The molecule has 6 heteroatoms. The van der Waals surface area contributed by atoms with Crippen LogP contribution < -0.4 is 0 Å². The van der Waals surface area contributed by atoms with E-state index in [1.807, 2.05) is 0 Å². The first-order valence-electron chi connectivity index (χ1n) is 4.91. The fraction of sp³-hybridized carbons (Fsp3) is 0.800. The molecule has 0 aliphatic rings. The molecule has 6 nitrogen and oxygen atoms in total. The van der Waals surface area contributed by atoms with Gasteiger partial charge in [0.25, 0.3) is 0 Å². The van der Waals surface area contributed by atoms with Crippen LogP contribution in [0.15, 0.2) is 0 Å². The lowest BCUT2D eigenvalue weighted by Crippen LogP contribution is -2.32. The van der Waals surface area contributed by atoms with E-state index in [1.54, 1.807) is 0 Å². The Morgan fingerprint density at radius 2 is 1.94 bits per heavy atom. The number of esters is 1. The van der Waals surface area contributed by atoms with Gasteiger partial charge in [0.05, 0.1) is 6.10 Å². The number of hydrogen-bond acceptors (Lipinski definition) is 6. The Kier molecular flexibility index (Phi) is 7.70. The molecule has 0 aliphatic carbocycles. The van der Waals surface area contributed by atoms with Crippen molar-refractivity contribution in [1.29, 1.82) is 0 Å². The molecule has 2 unspecified atom stereocenters. The number of ketones is 1. The second-order valence-electron chi connectivity index (χ2n) is 3.39. The van der Waals surface area contributed by atoms with E-state index in [9.17, 15) is 14.7 Å². The third-order valence-corrected chi connectivity index (χ3v) is 1.77. The minimum absolute atomic E-state index is 0.0452. The number of carbonyl (C=O) groups excluding carboxylic acids is 2. The van der Waals surface area contributed by atoms with Gasteiger partial charge in [-0.25, -0.2) is 4.79 Å². The first kappa shape index (κ1) is 15.0. The second kappa shape index (κ2) is 8.20. The molecule has 0 saturated heterocycles. The van der Waals surface area contributed by atoms with Crippen LogP contribution in [0.4, 0.5) is 0 Å². The summed E-state index contributed by atoms with van der Waals surface area (Å²) >= 11 is 0. The number of aliphatic hydroxyl groups is 1. The lowest BCUT2D eigenvalue weighted by atomic mass is 10.2. The molecule has 1 N–H and O–H groups in total. The molecular formula is C10H18O6. The van der Waals surface area contributed by atoms with Crippen LogP contribution in [0.1, 0.15) is 13.8 Å². The highest BCUT2D eigenvalue weighted by Gasteiger charge is 2.16. The molecule has 94 valence electrons. The molecule has 0 fully saturated rings. The smallest absolute Gasteiger partial charge is 0.332 e. The third-order valence-electron chi connectivity index (χ3n) is 1.77. The maximum absolute atomic E-state index is 11.1. The summed E-state index contributed by atoms with van der Waals surface area (Å²) in [5.74, 6) is -0.754. The lowest BCUT2D eigenvalue weighted by Gasteiger charge is -2.17. The van der Waals surface area contributed by atoms with Gasteiger partial charge in [-0.3, -0.25) is 4.79 Å². The van der Waals surface area contributed by atoms with Gasteiger partial charge in [0.2, 0.25) is 0 Å². The summed E-state index contributed by atoms with van der Waals surface area (Å²) in [6.45, 7) is 2.46. The molecule has 0 aliphatic heterocycles. The van der Waals surface area contributed by atoms with Crippen LogP contribution in [0.5, 0.6) is 0 Å². The van der Waals surface area contributed by atoms with Crippen molar-refractivity contribution in [2.24, 2.45) is 0 Å². The van der Waals surface area contributed by atoms with Crippen LogP contribution in [0.3, 0.4) is 0 Å². The molecule has 0 rings (SSSR count). The standard InChI is InChI=1S/C10H18O6/c1-7(11)4-15-6-10(13)16-5-9(14-3)8(2)12/h8-9,12H,4-6H2,1-3H3. The van der Waals surface area contributed by atoms with Crippen molar-refractivity contribution in [3.63, 3.8) is 0 Å². The maximum Gasteiger partial charge on any atom is 0.332 e. The van der Waals surface area contributed by atoms with E-state index < -0.39 is 18.2 Å². The number of Topliss-reactive ketones (excluding diaryl/α,β-unsaturated/α-hetero) is 1. The molecule has 0 amide bonds. The van der Waals surface area contributed by atoms with Gasteiger partial charge >= 0.3 is 5.97 Å². The summed E-state index contributed by atoms with van der Waals surface area (Å²) in [6.07, 6.45) is -1.28. The normalized spacial score (nSPS) is 14.2. The van der Waals surface area contributed by atoms with Crippen LogP contribution in [0.2, 0.25) is 0 Å². The number of hydrogen-bond donors (Lipinski definition) is 1. The highest BCUT2D eigenvalue weighted by molar-refractivity contribution is 5.77. The molecule has 0 heterocycles. The second-order valence-corrected chi connectivity index (χ2v) is 3.39. The predicted octanol–water partition coefficient (Wildman–Crippen LogP) is -0.469. The Morgan fingerprint density at radius 3 is 2.38 bits per heavy atom. The van der Waals surface area contributed by atoms with Gasteiger partial charge in [0.1, 0.15) is 25.9 Å². The first-order chi connectivity index (χ1) is 7.47. The van der Waals surface area contributed by atoms with Crippen molar-refractivity contribution in [3.05, 3.63) is 0 Å². The lowest BCUT2D eigenvalue weighted by molar-refractivity contribution is -0.155. The fourth-order valence-electron chi connectivity index (χ4n) is 0.899. The zero-order valence-corrected chi connectivity index (χ0v) is 9.76. The fourth-order valence-corrected chi connectivity index (χ4v) is 0.899. The summed E-state index contributed by atoms with van der Waals surface area (Å²) in [5, 5.41) is 9.18. The molecule has 0 bridgehead atoms. The first-order valence-corrected chi connectivity index (χ1v) is 4.91. The predicted molar refractivity (Wildman–Crippen MR) is 54.9 cm³/mol. The van der Waals surface area contributed by atoms with Gasteiger partial charge in [-0.1, -0.05) is 0 Å². The molecule has 2 atom stereocenters. The summed E-state index contributed by atoms with van der Waals surface area (Å²) in [5.41, 5.74) is 0. The summed E-state index contributed by atoms with van der Waals surface area (Å²) < 4.78 is 14.4. The quantitative estimate of drug-likeness (QED) is 0.572. The number of rotatable bonds is 8. The monoisotopic (exact) mass is 234 g/mol. The van der Waals surface area contributed by atoms with Gasteiger partial charge < -0.3 is 19.3 Å². The van der Waals surface area contributed by atoms with E-state index in [-0.39, 0.29) is 25.6 Å². The number of carbonyl (C=O) groups is 2.